The molecule has 7 heteroatoms. The maximum Gasteiger partial charge on any atom is 0.260 e. The third-order valence-electron chi connectivity index (χ3n) is 4.17. The van der Waals surface area contributed by atoms with Crippen molar-refractivity contribution in [2.24, 2.45) is 0 Å². The van der Waals surface area contributed by atoms with Crippen LogP contribution in [0.3, 0.4) is 0 Å². The van der Waals surface area contributed by atoms with Gasteiger partial charge in [0.05, 0.1) is 10.6 Å². The second-order valence-corrected chi connectivity index (χ2v) is 6.29. The molecule has 1 atom stereocenters. The molecule has 0 bridgehead atoms. The lowest BCUT2D eigenvalue weighted by molar-refractivity contribution is -0.110. The van der Waals surface area contributed by atoms with Crippen molar-refractivity contribution in [1.82, 2.24) is 4.98 Å². The molecule has 1 aromatic carbocycles. The Balaban J connectivity index is 2.00. The zero-order valence-electron chi connectivity index (χ0n) is 12.5. The fraction of sp³-hybridized carbons (Fsp3) is 0.176. The molecule has 0 aliphatic carbocycles. The first-order chi connectivity index (χ1) is 11.5. The van der Waals surface area contributed by atoms with Gasteiger partial charge in [0.15, 0.2) is 0 Å². The van der Waals surface area contributed by atoms with E-state index in [1.54, 1.807) is 0 Å². The molecule has 3 heterocycles. The van der Waals surface area contributed by atoms with Crippen LogP contribution in [0.5, 0.6) is 0 Å². The minimum absolute atomic E-state index is 0.186. The van der Waals surface area contributed by atoms with E-state index in [0.29, 0.717) is 39.6 Å². The van der Waals surface area contributed by atoms with E-state index in [2.05, 4.69) is 10.3 Å². The average molecular weight is 365 g/mol. The van der Waals surface area contributed by atoms with Gasteiger partial charge in [0, 0.05) is 28.6 Å². The number of nitrogens with zero attached hydrogens (tertiary/aromatic N) is 1. The van der Waals surface area contributed by atoms with Gasteiger partial charge in [-0.3, -0.25) is 4.79 Å². The van der Waals surface area contributed by atoms with Crippen LogP contribution in [0.1, 0.15) is 36.1 Å². The quantitative estimate of drug-likeness (QED) is 0.582. The van der Waals surface area contributed by atoms with E-state index in [-0.39, 0.29) is 22.7 Å². The molecule has 0 saturated heterocycles. The van der Waals surface area contributed by atoms with Gasteiger partial charge < -0.3 is 10.1 Å². The van der Waals surface area contributed by atoms with Gasteiger partial charge in [-0.05, 0) is 24.6 Å². The molecule has 0 saturated carbocycles. The van der Waals surface area contributed by atoms with E-state index < -0.39 is 5.82 Å². The normalized spacial score (nSPS) is 21.3. The number of fused-ring (bicyclic) bond motifs is 2. The standard InChI is InChI=1S/C17H11Cl2FN2O2/c1-2-11-12-9(6-21-16(19)14(12)18)15(24-11)13-8-5-7(20)3-4-10(8)22-17(13)23/h3-6,11H,2H2,1H3,(H,22,23). The summed E-state index contributed by atoms with van der Waals surface area (Å²) >= 11 is 12.3. The topological polar surface area (TPSA) is 51.2 Å². The lowest BCUT2D eigenvalue weighted by Gasteiger charge is -2.10. The second kappa shape index (κ2) is 5.46. The highest BCUT2D eigenvalue weighted by Crippen LogP contribution is 2.49. The molecule has 4 nitrogen and oxygen atoms in total. The summed E-state index contributed by atoms with van der Waals surface area (Å²) in [5.41, 5.74) is 2.60. The summed E-state index contributed by atoms with van der Waals surface area (Å²) in [6.45, 7) is 1.94. The first kappa shape index (κ1) is 15.4. The summed E-state index contributed by atoms with van der Waals surface area (Å²) in [7, 11) is 0. The molecule has 0 spiro atoms. The van der Waals surface area contributed by atoms with E-state index in [4.69, 9.17) is 27.9 Å². The van der Waals surface area contributed by atoms with Gasteiger partial charge in [0.25, 0.3) is 5.91 Å². The molecule has 1 N–H and O–H groups in total. The first-order valence-electron chi connectivity index (χ1n) is 7.37. The molecule has 2 aromatic rings. The highest BCUT2D eigenvalue weighted by atomic mass is 35.5. The van der Waals surface area contributed by atoms with Crippen molar-refractivity contribution in [3.63, 3.8) is 0 Å². The first-order valence-corrected chi connectivity index (χ1v) is 8.13. The Morgan fingerprint density at radius 3 is 2.88 bits per heavy atom. The number of carbonyl (C=O) groups excluding carboxylic acids is 1. The largest absolute Gasteiger partial charge is 0.484 e. The molecule has 0 fully saturated rings. The molecular weight excluding hydrogens is 354 g/mol. The van der Waals surface area contributed by atoms with Crippen LogP contribution in [-0.4, -0.2) is 10.9 Å². The Bertz CT molecular complexity index is 927. The van der Waals surface area contributed by atoms with Gasteiger partial charge in [-0.2, -0.15) is 0 Å². The van der Waals surface area contributed by atoms with Crippen molar-refractivity contribution in [2.45, 2.75) is 19.4 Å². The fourth-order valence-electron chi connectivity index (χ4n) is 3.08. The smallest absolute Gasteiger partial charge is 0.260 e. The molecule has 2 aliphatic heterocycles. The Morgan fingerprint density at radius 1 is 1.33 bits per heavy atom. The molecule has 1 amide bonds. The number of halogens is 3. The van der Waals surface area contributed by atoms with Crippen LogP contribution >= 0.6 is 23.2 Å². The number of aromatic nitrogens is 1. The summed E-state index contributed by atoms with van der Waals surface area (Å²) < 4.78 is 19.6. The fourth-order valence-corrected chi connectivity index (χ4v) is 3.51. The minimum atomic E-state index is -0.430. The van der Waals surface area contributed by atoms with Crippen LogP contribution in [0.2, 0.25) is 10.2 Å². The lowest BCUT2D eigenvalue weighted by atomic mass is 10.00. The Kier molecular flexibility index (Phi) is 3.51. The average Bonchev–Trinajstić information content (AvgIpc) is 3.07. The number of benzene rings is 1. The zero-order chi connectivity index (χ0) is 17.0. The van der Waals surface area contributed by atoms with Crippen molar-refractivity contribution < 1.29 is 13.9 Å². The zero-order valence-corrected chi connectivity index (χ0v) is 14.0. The van der Waals surface area contributed by atoms with Gasteiger partial charge in [-0.25, -0.2) is 9.37 Å². The van der Waals surface area contributed by atoms with Crippen LogP contribution in [-0.2, 0) is 9.53 Å². The van der Waals surface area contributed by atoms with Crippen LogP contribution in [0, 0.1) is 5.82 Å². The van der Waals surface area contributed by atoms with Crippen LogP contribution < -0.4 is 5.32 Å². The number of amides is 1. The van der Waals surface area contributed by atoms with E-state index in [1.165, 1.54) is 24.4 Å². The summed E-state index contributed by atoms with van der Waals surface area (Å²) in [5.74, 6) is -0.426. The number of pyridine rings is 1. The number of carbonyl (C=O) groups is 1. The van der Waals surface area contributed by atoms with E-state index in [9.17, 15) is 9.18 Å². The van der Waals surface area contributed by atoms with Gasteiger partial charge in [0.2, 0.25) is 0 Å². The van der Waals surface area contributed by atoms with Crippen LogP contribution in [0.15, 0.2) is 24.4 Å². The Hall–Kier alpha value is -2.11. The highest BCUT2D eigenvalue weighted by Gasteiger charge is 2.37. The SMILES string of the molecule is CCC1OC(=C2C(=O)Nc3ccc(F)cc32)c2cnc(Cl)c(Cl)c21. The number of anilines is 1. The van der Waals surface area contributed by atoms with Gasteiger partial charge >= 0.3 is 0 Å². The Morgan fingerprint density at radius 2 is 2.12 bits per heavy atom. The van der Waals surface area contributed by atoms with E-state index in [0.717, 1.165) is 0 Å². The maximum atomic E-state index is 13.7. The minimum Gasteiger partial charge on any atom is -0.484 e. The van der Waals surface area contributed by atoms with Crippen molar-refractivity contribution in [2.75, 3.05) is 5.32 Å². The summed E-state index contributed by atoms with van der Waals surface area (Å²) in [6, 6.07) is 4.13. The summed E-state index contributed by atoms with van der Waals surface area (Å²) in [4.78, 5) is 16.5. The molecule has 2 aliphatic rings. The number of hydrogen-bond donors (Lipinski definition) is 1. The highest BCUT2D eigenvalue weighted by molar-refractivity contribution is 6.42. The monoisotopic (exact) mass is 364 g/mol. The predicted octanol–water partition coefficient (Wildman–Crippen LogP) is 4.83. The Labute approximate surface area is 147 Å². The lowest BCUT2D eigenvalue weighted by Crippen LogP contribution is -2.06. The molecule has 4 rings (SSSR count). The molecule has 0 radical (unpaired) electrons. The molecule has 122 valence electrons. The molecule has 1 aromatic heterocycles. The summed E-state index contributed by atoms with van der Waals surface area (Å²) in [6.07, 6.45) is 1.84. The van der Waals surface area contributed by atoms with Gasteiger partial charge in [-0.1, -0.05) is 30.1 Å². The van der Waals surface area contributed by atoms with E-state index in [1.807, 2.05) is 6.92 Å². The number of nitrogens with one attached hydrogen (secondary N) is 1. The molecular formula is C17H11Cl2FN2O2. The van der Waals surface area contributed by atoms with Crippen LogP contribution in [0.25, 0.3) is 11.3 Å². The van der Waals surface area contributed by atoms with E-state index >= 15 is 0 Å². The number of rotatable bonds is 1. The summed E-state index contributed by atoms with van der Waals surface area (Å²) in [5, 5.41) is 3.22. The maximum absolute atomic E-state index is 13.7. The van der Waals surface area contributed by atoms with Crippen molar-refractivity contribution >= 4 is 46.1 Å². The number of ether oxygens (including phenoxy) is 1. The van der Waals surface area contributed by atoms with Gasteiger partial charge in [-0.15, -0.1) is 0 Å². The van der Waals surface area contributed by atoms with Crippen molar-refractivity contribution in [3.8, 4) is 0 Å². The molecule has 1 unspecified atom stereocenters. The van der Waals surface area contributed by atoms with Gasteiger partial charge in [0.1, 0.15) is 22.8 Å². The van der Waals surface area contributed by atoms with Crippen molar-refractivity contribution in [1.29, 1.82) is 0 Å². The predicted molar refractivity (Wildman–Crippen MR) is 90.2 cm³/mol. The second-order valence-electron chi connectivity index (χ2n) is 5.55. The number of hydrogen-bond acceptors (Lipinski definition) is 3. The van der Waals surface area contributed by atoms with Crippen LogP contribution in [0.4, 0.5) is 10.1 Å². The molecule has 24 heavy (non-hydrogen) atoms. The third kappa shape index (κ3) is 2.12. The third-order valence-corrected chi connectivity index (χ3v) is 4.93. The van der Waals surface area contributed by atoms with Crippen molar-refractivity contribution in [3.05, 3.63) is 57.1 Å².